The number of nitrogens with one attached hydrogen (secondary N) is 1. The highest BCUT2D eigenvalue weighted by Crippen LogP contribution is 2.20. The van der Waals surface area contributed by atoms with Crippen LogP contribution in [0.25, 0.3) is 0 Å². The van der Waals surface area contributed by atoms with Crippen LogP contribution in [-0.2, 0) is 4.79 Å². The van der Waals surface area contributed by atoms with Gasteiger partial charge in [-0.2, -0.15) is 0 Å². The SMILES string of the molecule is Cc1ccc(C(=O)C(CC(=O)O)NC(C)C)cc1[N+](=O)[O-]. The van der Waals surface area contributed by atoms with Gasteiger partial charge in [-0.1, -0.05) is 26.0 Å². The van der Waals surface area contributed by atoms with E-state index in [1.54, 1.807) is 20.8 Å². The van der Waals surface area contributed by atoms with E-state index < -0.39 is 22.7 Å². The van der Waals surface area contributed by atoms with Crippen molar-refractivity contribution < 1.29 is 19.6 Å². The van der Waals surface area contributed by atoms with Gasteiger partial charge in [0.15, 0.2) is 5.78 Å². The molecule has 7 nitrogen and oxygen atoms in total. The maximum Gasteiger partial charge on any atom is 0.305 e. The fraction of sp³-hybridized carbons (Fsp3) is 0.429. The maximum absolute atomic E-state index is 12.4. The predicted molar refractivity (Wildman–Crippen MR) is 76.5 cm³/mol. The number of nitrogens with zero attached hydrogens (tertiary/aromatic N) is 1. The largest absolute Gasteiger partial charge is 0.481 e. The Bertz CT molecular complexity index is 568. The number of Topliss-reactive ketones (excluding diaryl/α,β-unsaturated/α-hetero) is 1. The highest BCUT2D eigenvalue weighted by atomic mass is 16.6. The third-order valence-corrected chi connectivity index (χ3v) is 2.92. The molecule has 1 aromatic carbocycles. The standard InChI is InChI=1S/C14H18N2O5/c1-8(2)15-11(7-13(17)18)14(19)10-5-4-9(3)12(6-10)16(20)21/h4-6,8,11,15H,7H2,1-3H3,(H,17,18). The van der Waals surface area contributed by atoms with Crippen LogP contribution in [0.2, 0.25) is 0 Å². The van der Waals surface area contributed by atoms with Crippen LogP contribution in [0.4, 0.5) is 5.69 Å². The van der Waals surface area contributed by atoms with E-state index in [0.29, 0.717) is 5.56 Å². The van der Waals surface area contributed by atoms with Gasteiger partial charge < -0.3 is 10.4 Å². The Morgan fingerprint density at radius 3 is 2.48 bits per heavy atom. The number of hydrogen-bond acceptors (Lipinski definition) is 5. The first-order valence-corrected chi connectivity index (χ1v) is 6.49. The molecule has 2 N–H and O–H groups in total. The molecule has 1 rings (SSSR count). The minimum absolute atomic E-state index is 0.0845. The van der Waals surface area contributed by atoms with Crippen molar-refractivity contribution in [2.24, 2.45) is 0 Å². The molecule has 0 saturated heterocycles. The molecule has 1 atom stereocenters. The van der Waals surface area contributed by atoms with E-state index in [0.717, 1.165) is 0 Å². The third kappa shape index (κ3) is 4.64. The van der Waals surface area contributed by atoms with Crippen LogP contribution in [0, 0.1) is 17.0 Å². The van der Waals surface area contributed by atoms with Gasteiger partial charge in [0, 0.05) is 23.2 Å². The van der Waals surface area contributed by atoms with Gasteiger partial charge in [-0.05, 0) is 6.92 Å². The van der Waals surface area contributed by atoms with E-state index >= 15 is 0 Å². The number of rotatable bonds is 7. The average Bonchev–Trinajstić information content (AvgIpc) is 2.36. The molecular weight excluding hydrogens is 276 g/mol. The predicted octanol–water partition coefficient (Wildman–Crippen LogP) is 1.93. The van der Waals surface area contributed by atoms with Gasteiger partial charge in [0.05, 0.1) is 17.4 Å². The molecule has 0 heterocycles. The minimum Gasteiger partial charge on any atom is -0.481 e. The number of carbonyl (C=O) groups is 2. The van der Waals surface area contributed by atoms with Crippen LogP contribution >= 0.6 is 0 Å². The summed E-state index contributed by atoms with van der Waals surface area (Å²) < 4.78 is 0. The smallest absolute Gasteiger partial charge is 0.305 e. The maximum atomic E-state index is 12.4. The number of carbonyl (C=O) groups excluding carboxylic acids is 1. The number of nitro groups is 1. The summed E-state index contributed by atoms with van der Waals surface area (Å²) in [4.78, 5) is 33.6. The molecule has 1 aromatic rings. The Morgan fingerprint density at radius 2 is 2.00 bits per heavy atom. The van der Waals surface area contributed by atoms with Gasteiger partial charge in [-0.15, -0.1) is 0 Å². The van der Waals surface area contributed by atoms with E-state index in [2.05, 4.69) is 5.32 Å². The van der Waals surface area contributed by atoms with Gasteiger partial charge in [0.25, 0.3) is 5.69 Å². The van der Waals surface area contributed by atoms with Crippen LogP contribution in [0.3, 0.4) is 0 Å². The second-order valence-electron chi connectivity index (χ2n) is 5.09. The molecule has 0 saturated carbocycles. The van der Waals surface area contributed by atoms with Gasteiger partial charge in [0.2, 0.25) is 0 Å². The molecule has 0 fully saturated rings. The second-order valence-corrected chi connectivity index (χ2v) is 5.09. The lowest BCUT2D eigenvalue weighted by Gasteiger charge is -2.18. The van der Waals surface area contributed by atoms with E-state index in [4.69, 9.17) is 5.11 Å². The molecule has 0 amide bonds. The first-order valence-electron chi connectivity index (χ1n) is 6.49. The van der Waals surface area contributed by atoms with Crippen molar-refractivity contribution in [1.29, 1.82) is 0 Å². The molecule has 0 spiro atoms. The lowest BCUT2D eigenvalue weighted by Crippen LogP contribution is -2.42. The minimum atomic E-state index is -1.11. The molecule has 114 valence electrons. The molecule has 0 bridgehead atoms. The third-order valence-electron chi connectivity index (χ3n) is 2.92. The summed E-state index contributed by atoms with van der Waals surface area (Å²) in [7, 11) is 0. The van der Waals surface area contributed by atoms with Crippen molar-refractivity contribution in [1.82, 2.24) is 5.32 Å². The summed E-state index contributed by atoms with van der Waals surface area (Å²) in [6, 6.07) is 3.15. The molecule has 0 aliphatic carbocycles. The summed E-state index contributed by atoms with van der Waals surface area (Å²) in [5.41, 5.74) is 0.425. The number of benzene rings is 1. The van der Waals surface area contributed by atoms with Crippen molar-refractivity contribution in [3.8, 4) is 0 Å². The number of aliphatic carboxylic acids is 1. The molecule has 0 aromatic heterocycles. The van der Waals surface area contributed by atoms with Crippen LogP contribution in [0.1, 0.15) is 36.2 Å². The Labute approximate surface area is 122 Å². The van der Waals surface area contributed by atoms with E-state index in [-0.39, 0.29) is 23.7 Å². The lowest BCUT2D eigenvalue weighted by atomic mass is 9.99. The van der Waals surface area contributed by atoms with Crippen molar-refractivity contribution in [2.75, 3.05) is 0 Å². The van der Waals surface area contributed by atoms with Gasteiger partial charge >= 0.3 is 5.97 Å². The summed E-state index contributed by atoms with van der Waals surface area (Å²) >= 11 is 0. The number of ketones is 1. The lowest BCUT2D eigenvalue weighted by molar-refractivity contribution is -0.385. The molecule has 0 aliphatic heterocycles. The number of aryl methyl sites for hydroxylation is 1. The summed E-state index contributed by atoms with van der Waals surface area (Å²) in [6.07, 6.45) is -0.376. The van der Waals surface area contributed by atoms with Crippen molar-refractivity contribution in [2.45, 2.75) is 39.3 Å². The fourth-order valence-corrected chi connectivity index (χ4v) is 1.96. The molecular formula is C14H18N2O5. The monoisotopic (exact) mass is 294 g/mol. The molecule has 0 radical (unpaired) electrons. The zero-order valence-electron chi connectivity index (χ0n) is 12.1. The molecule has 21 heavy (non-hydrogen) atoms. The average molecular weight is 294 g/mol. The van der Waals surface area contributed by atoms with Crippen LogP contribution in [0.5, 0.6) is 0 Å². The van der Waals surface area contributed by atoms with Crippen molar-refractivity contribution in [3.05, 3.63) is 39.4 Å². The Hall–Kier alpha value is -2.28. The highest BCUT2D eigenvalue weighted by molar-refractivity contribution is 6.02. The van der Waals surface area contributed by atoms with Crippen LogP contribution < -0.4 is 5.32 Å². The van der Waals surface area contributed by atoms with E-state index in [1.807, 2.05) is 0 Å². The van der Waals surface area contributed by atoms with Crippen LogP contribution in [-0.4, -0.2) is 33.9 Å². The first kappa shape index (κ1) is 16.8. The van der Waals surface area contributed by atoms with E-state index in [1.165, 1.54) is 18.2 Å². The fourth-order valence-electron chi connectivity index (χ4n) is 1.96. The van der Waals surface area contributed by atoms with Crippen molar-refractivity contribution >= 4 is 17.4 Å². The van der Waals surface area contributed by atoms with Gasteiger partial charge in [-0.25, -0.2) is 0 Å². The Morgan fingerprint density at radius 1 is 1.38 bits per heavy atom. The number of carboxylic acids is 1. The number of carboxylic acid groups (broad SMARTS) is 1. The summed E-state index contributed by atoms with van der Waals surface area (Å²) in [5.74, 6) is -1.57. The number of hydrogen-bond donors (Lipinski definition) is 2. The highest BCUT2D eigenvalue weighted by Gasteiger charge is 2.25. The second kappa shape index (κ2) is 6.94. The first-order chi connectivity index (χ1) is 9.72. The summed E-state index contributed by atoms with van der Waals surface area (Å²) in [5, 5.41) is 22.7. The Kier molecular flexibility index (Phi) is 5.54. The quantitative estimate of drug-likeness (QED) is 0.451. The zero-order valence-corrected chi connectivity index (χ0v) is 12.1. The van der Waals surface area contributed by atoms with Gasteiger partial charge in [-0.3, -0.25) is 19.7 Å². The normalized spacial score (nSPS) is 12.2. The zero-order chi connectivity index (χ0) is 16.2. The number of nitro benzene ring substituents is 1. The summed E-state index contributed by atoms with van der Waals surface area (Å²) in [6.45, 7) is 5.16. The van der Waals surface area contributed by atoms with Gasteiger partial charge in [0.1, 0.15) is 0 Å². The molecule has 0 aliphatic rings. The molecule has 7 heteroatoms. The van der Waals surface area contributed by atoms with E-state index in [9.17, 15) is 19.7 Å². The topological polar surface area (TPSA) is 110 Å². The van der Waals surface area contributed by atoms with Crippen LogP contribution in [0.15, 0.2) is 18.2 Å². The molecule has 1 unspecified atom stereocenters. The Balaban J connectivity index is 3.11. The van der Waals surface area contributed by atoms with Crippen molar-refractivity contribution in [3.63, 3.8) is 0 Å².